The Morgan fingerprint density at radius 2 is 1.92 bits per heavy atom. The van der Waals surface area contributed by atoms with Crippen LogP contribution < -0.4 is 10.2 Å². The Hall–Kier alpha value is -3.76. The molecule has 186 valence electrons. The van der Waals surface area contributed by atoms with Gasteiger partial charge in [0.15, 0.2) is 0 Å². The van der Waals surface area contributed by atoms with Gasteiger partial charge in [0.25, 0.3) is 0 Å². The first-order chi connectivity index (χ1) is 17.3. The molecule has 36 heavy (non-hydrogen) atoms. The molecule has 0 saturated carbocycles. The molecular weight excluding hydrogens is 478 g/mol. The van der Waals surface area contributed by atoms with Gasteiger partial charge in [-0.25, -0.2) is 14.6 Å². The van der Waals surface area contributed by atoms with Crippen molar-refractivity contribution in [1.29, 1.82) is 0 Å². The van der Waals surface area contributed by atoms with Gasteiger partial charge in [0.2, 0.25) is 11.9 Å². The zero-order valence-corrected chi connectivity index (χ0v) is 21.4. The Bertz CT molecular complexity index is 1390. The maximum atomic E-state index is 12.6. The molecule has 1 N–H and O–H groups in total. The van der Waals surface area contributed by atoms with Crippen LogP contribution in [0.4, 0.5) is 17.3 Å². The topological polar surface area (TPSA) is 97.0 Å². The van der Waals surface area contributed by atoms with Crippen LogP contribution in [0.15, 0.2) is 49.1 Å². The summed E-state index contributed by atoms with van der Waals surface area (Å²) in [5, 5.41) is 12.5. The van der Waals surface area contributed by atoms with E-state index in [1.54, 1.807) is 21.8 Å². The largest absolute Gasteiger partial charge is 0.324 e. The van der Waals surface area contributed by atoms with Crippen molar-refractivity contribution < 1.29 is 4.79 Å². The third kappa shape index (κ3) is 4.82. The van der Waals surface area contributed by atoms with Gasteiger partial charge >= 0.3 is 0 Å². The van der Waals surface area contributed by atoms with Crippen molar-refractivity contribution in [2.75, 3.05) is 30.9 Å². The lowest BCUT2D eigenvalue weighted by atomic mass is 10.0. The van der Waals surface area contributed by atoms with Gasteiger partial charge in [-0.15, -0.1) is 0 Å². The Morgan fingerprint density at radius 1 is 1.14 bits per heavy atom. The second kappa shape index (κ2) is 9.71. The van der Waals surface area contributed by atoms with Crippen molar-refractivity contribution in [1.82, 2.24) is 34.4 Å². The van der Waals surface area contributed by atoms with Gasteiger partial charge in [-0.1, -0.05) is 11.6 Å². The van der Waals surface area contributed by atoms with E-state index < -0.39 is 0 Å². The van der Waals surface area contributed by atoms with Crippen LogP contribution in [0.5, 0.6) is 0 Å². The van der Waals surface area contributed by atoms with Crippen molar-refractivity contribution in [3.63, 3.8) is 0 Å². The quantitative estimate of drug-likeness (QED) is 0.425. The number of rotatable bonds is 6. The van der Waals surface area contributed by atoms with Crippen LogP contribution in [-0.2, 0) is 11.8 Å². The Kier molecular flexibility index (Phi) is 6.46. The van der Waals surface area contributed by atoms with Crippen LogP contribution in [0.1, 0.15) is 18.5 Å². The number of hydrogen-bond donors (Lipinski definition) is 1. The molecule has 0 radical (unpaired) electrons. The van der Waals surface area contributed by atoms with E-state index in [0.29, 0.717) is 35.7 Å². The van der Waals surface area contributed by atoms with Crippen LogP contribution >= 0.6 is 11.6 Å². The standard InChI is InChI=1S/C25H28ClN9O/c1-16-22(15-33(4)31-16)35-14-17(12-28-35)24-21(26)13-27-25(30-24)29-18-5-7-19(8-6-18)34-10-9-20(32(2)3)11-23(34)36/h5-8,12-15,20H,9-11H2,1-4H3,(H,27,29,30)/t20-/m0/s1. The lowest BCUT2D eigenvalue weighted by Crippen LogP contribution is -2.45. The number of carbonyl (C=O) groups is 1. The number of amides is 1. The lowest BCUT2D eigenvalue weighted by Gasteiger charge is -2.34. The van der Waals surface area contributed by atoms with Crippen molar-refractivity contribution in [2.45, 2.75) is 25.8 Å². The minimum absolute atomic E-state index is 0.147. The van der Waals surface area contributed by atoms with Crippen molar-refractivity contribution in [3.05, 3.63) is 59.8 Å². The van der Waals surface area contributed by atoms with E-state index in [1.807, 2.05) is 69.6 Å². The summed E-state index contributed by atoms with van der Waals surface area (Å²) in [5.74, 6) is 0.559. The number of benzene rings is 1. The third-order valence-electron chi connectivity index (χ3n) is 6.40. The first kappa shape index (κ1) is 24.0. The molecule has 1 aliphatic heterocycles. The fourth-order valence-electron chi connectivity index (χ4n) is 4.40. The average molecular weight is 506 g/mol. The summed E-state index contributed by atoms with van der Waals surface area (Å²) in [4.78, 5) is 25.6. The first-order valence-electron chi connectivity index (χ1n) is 11.7. The van der Waals surface area contributed by atoms with E-state index in [9.17, 15) is 4.79 Å². The summed E-state index contributed by atoms with van der Waals surface area (Å²) in [7, 11) is 5.91. The summed E-state index contributed by atoms with van der Waals surface area (Å²) in [6.07, 6.45) is 8.55. The van der Waals surface area contributed by atoms with Gasteiger partial charge in [0.05, 0.1) is 35.0 Å². The van der Waals surface area contributed by atoms with Crippen molar-refractivity contribution >= 4 is 34.8 Å². The molecule has 3 aromatic heterocycles. The second-order valence-corrected chi connectivity index (χ2v) is 9.57. The number of halogens is 1. The predicted octanol–water partition coefficient (Wildman–Crippen LogP) is 3.83. The van der Waals surface area contributed by atoms with E-state index in [-0.39, 0.29) is 5.91 Å². The van der Waals surface area contributed by atoms with Gasteiger partial charge in [0.1, 0.15) is 5.69 Å². The van der Waals surface area contributed by atoms with E-state index in [0.717, 1.165) is 34.7 Å². The number of carbonyl (C=O) groups excluding carboxylic acids is 1. The van der Waals surface area contributed by atoms with E-state index in [1.165, 1.54) is 0 Å². The van der Waals surface area contributed by atoms with Crippen LogP contribution in [-0.4, -0.2) is 67.0 Å². The second-order valence-electron chi connectivity index (χ2n) is 9.16. The SMILES string of the molecule is Cc1nn(C)cc1-n1cc(-c2nc(Nc3ccc(N4CC[C@H](N(C)C)CC4=O)cc3)ncc2Cl)cn1. The molecule has 1 atom stereocenters. The van der Waals surface area contributed by atoms with E-state index >= 15 is 0 Å². The number of anilines is 3. The average Bonchev–Trinajstić information content (AvgIpc) is 3.46. The first-order valence-corrected chi connectivity index (χ1v) is 12.1. The molecule has 0 unspecified atom stereocenters. The highest BCUT2D eigenvalue weighted by Gasteiger charge is 2.27. The van der Waals surface area contributed by atoms with Crippen molar-refractivity contribution in [2.24, 2.45) is 7.05 Å². The van der Waals surface area contributed by atoms with Gasteiger partial charge in [-0.05, 0) is 51.7 Å². The highest BCUT2D eigenvalue weighted by molar-refractivity contribution is 6.32. The summed E-state index contributed by atoms with van der Waals surface area (Å²) in [5.41, 5.74) is 4.80. The number of nitrogens with one attached hydrogen (secondary N) is 1. The molecule has 0 spiro atoms. The molecule has 5 rings (SSSR count). The number of nitrogens with zero attached hydrogens (tertiary/aromatic N) is 8. The van der Waals surface area contributed by atoms with Gasteiger partial charge in [0, 0.05) is 49.2 Å². The minimum atomic E-state index is 0.147. The zero-order valence-electron chi connectivity index (χ0n) is 20.7. The number of hydrogen-bond acceptors (Lipinski definition) is 7. The molecule has 1 saturated heterocycles. The summed E-state index contributed by atoms with van der Waals surface area (Å²) >= 11 is 6.43. The van der Waals surface area contributed by atoms with Gasteiger partial charge < -0.3 is 15.1 Å². The van der Waals surface area contributed by atoms with Crippen LogP contribution in [0.3, 0.4) is 0 Å². The van der Waals surface area contributed by atoms with Gasteiger partial charge in [-0.3, -0.25) is 9.48 Å². The molecule has 4 aromatic rings. The van der Waals surface area contributed by atoms with E-state index in [4.69, 9.17) is 11.6 Å². The van der Waals surface area contributed by atoms with Gasteiger partial charge in [-0.2, -0.15) is 10.2 Å². The Balaban J connectivity index is 1.31. The molecule has 1 aromatic carbocycles. The van der Waals surface area contributed by atoms with Crippen LogP contribution in [0, 0.1) is 6.92 Å². The fraction of sp³-hybridized carbons (Fsp3) is 0.320. The number of aromatic nitrogens is 6. The maximum absolute atomic E-state index is 12.6. The highest BCUT2D eigenvalue weighted by Crippen LogP contribution is 2.29. The smallest absolute Gasteiger partial charge is 0.228 e. The monoisotopic (exact) mass is 505 g/mol. The molecule has 0 bridgehead atoms. The predicted molar refractivity (Wildman–Crippen MR) is 140 cm³/mol. The molecule has 1 fully saturated rings. The number of piperidine rings is 1. The highest BCUT2D eigenvalue weighted by atomic mass is 35.5. The molecule has 1 amide bonds. The lowest BCUT2D eigenvalue weighted by molar-refractivity contribution is -0.120. The summed E-state index contributed by atoms with van der Waals surface area (Å²) < 4.78 is 3.50. The normalized spacial score (nSPS) is 16.1. The van der Waals surface area contributed by atoms with Crippen LogP contribution in [0.2, 0.25) is 5.02 Å². The molecule has 1 aliphatic rings. The molecular formula is C25H28ClN9O. The number of aryl methyl sites for hydroxylation is 2. The minimum Gasteiger partial charge on any atom is -0.324 e. The van der Waals surface area contributed by atoms with E-state index in [2.05, 4.69) is 30.4 Å². The van der Waals surface area contributed by atoms with Crippen molar-refractivity contribution in [3.8, 4) is 16.9 Å². The fourth-order valence-corrected chi connectivity index (χ4v) is 4.60. The zero-order chi connectivity index (χ0) is 25.4. The molecule has 0 aliphatic carbocycles. The molecule has 4 heterocycles. The molecule has 10 nitrogen and oxygen atoms in total. The maximum Gasteiger partial charge on any atom is 0.228 e. The summed E-state index contributed by atoms with van der Waals surface area (Å²) in [6, 6.07) is 8.01. The summed E-state index contributed by atoms with van der Waals surface area (Å²) in [6.45, 7) is 2.65. The Morgan fingerprint density at radius 3 is 2.58 bits per heavy atom. The Labute approximate surface area is 214 Å². The molecule has 11 heteroatoms. The third-order valence-corrected chi connectivity index (χ3v) is 6.67. The van der Waals surface area contributed by atoms with Crippen LogP contribution in [0.25, 0.3) is 16.9 Å².